The number of amides is 2. The second kappa shape index (κ2) is 11.0. The number of aliphatic hydroxyl groups is 1. The molecule has 1 N–H and O–H groups in total. The van der Waals surface area contributed by atoms with Gasteiger partial charge in [-0.15, -0.1) is 13.2 Å². The second-order valence-electron chi connectivity index (χ2n) is 10.7. The Morgan fingerprint density at radius 2 is 2.03 bits per heavy atom. The Hall–Kier alpha value is -2.97. The molecule has 8 heteroatoms. The Kier molecular flexibility index (Phi) is 8.14. The van der Waals surface area contributed by atoms with Crippen LogP contribution in [0.5, 0.6) is 0 Å². The SMILES string of the molecule is C=CCCOC(=O)[C@H]1[C@H]2C(=O)N(CCCO)C(C(=O)N(CC=C)c3cc(C)ccc3C)C23CC[C@]1(CC)O3. The number of likely N-dealkylation sites (tertiary alicyclic amines) is 1. The van der Waals surface area contributed by atoms with Crippen molar-refractivity contribution < 1.29 is 29.0 Å². The van der Waals surface area contributed by atoms with Crippen molar-refractivity contribution in [3.8, 4) is 0 Å². The fourth-order valence-electron chi connectivity index (χ4n) is 6.76. The number of aliphatic hydroxyl groups excluding tert-OH is 1. The number of hydrogen-bond donors (Lipinski definition) is 1. The van der Waals surface area contributed by atoms with E-state index in [1.54, 1.807) is 22.0 Å². The van der Waals surface area contributed by atoms with Gasteiger partial charge in [-0.25, -0.2) is 0 Å². The normalized spacial score (nSPS) is 29.3. The smallest absolute Gasteiger partial charge is 0.312 e. The van der Waals surface area contributed by atoms with Gasteiger partial charge in [0, 0.05) is 25.4 Å². The summed E-state index contributed by atoms with van der Waals surface area (Å²) in [4.78, 5) is 45.3. The van der Waals surface area contributed by atoms with Crippen molar-refractivity contribution in [2.75, 3.05) is 31.2 Å². The predicted molar refractivity (Wildman–Crippen MR) is 144 cm³/mol. The van der Waals surface area contributed by atoms with Crippen molar-refractivity contribution in [2.24, 2.45) is 11.8 Å². The quantitative estimate of drug-likeness (QED) is 0.256. The molecule has 8 nitrogen and oxygen atoms in total. The fraction of sp³-hybridized carbons (Fsp3) is 0.567. The highest BCUT2D eigenvalue weighted by molar-refractivity contribution is 6.05. The first-order valence-corrected chi connectivity index (χ1v) is 13.6. The number of ether oxygens (including phenoxy) is 2. The number of rotatable bonds is 12. The van der Waals surface area contributed by atoms with Crippen LogP contribution in [0.4, 0.5) is 5.69 Å². The highest BCUT2D eigenvalue weighted by Gasteiger charge is 2.79. The zero-order chi connectivity index (χ0) is 27.7. The number of anilines is 1. The molecule has 0 aliphatic carbocycles. The minimum absolute atomic E-state index is 0.123. The van der Waals surface area contributed by atoms with E-state index in [2.05, 4.69) is 13.2 Å². The minimum atomic E-state index is -1.14. The maximum absolute atomic E-state index is 14.5. The summed E-state index contributed by atoms with van der Waals surface area (Å²) in [5.41, 5.74) is 0.696. The maximum Gasteiger partial charge on any atom is 0.312 e. The summed E-state index contributed by atoms with van der Waals surface area (Å²) in [6.07, 6.45) is 5.77. The molecule has 1 aromatic carbocycles. The monoisotopic (exact) mass is 524 g/mol. The lowest BCUT2D eigenvalue weighted by Gasteiger charge is -2.37. The molecular weight excluding hydrogens is 484 g/mol. The van der Waals surface area contributed by atoms with Gasteiger partial charge in [0.05, 0.1) is 18.1 Å². The van der Waals surface area contributed by atoms with Gasteiger partial charge in [-0.3, -0.25) is 14.4 Å². The summed E-state index contributed by atoms with van der Waals surface area (Å²) in [5, 5.41) is 9.59. The molecule has 2 bridgehead atoms. The van der Waals surface area contributed by atoms with Gasteiger partial charge in [-0.1, -0.05) is 31.2 Å². The molecule has 0 saturated carbocycles. The third kappa shape index (κ3) is 4.37. The number of hydrogen-bond acceptors (Lipinski definition) is 6. The molecule has 3 fully saturated rings. The van der Waals surface area contributed by atoms with Crippen LogP contribution in [0.3, 0.4) is 0 Å². The van der Waals surface area contributed by atoms with Crippen LogP contribution in [0.15, 0.2) is 43.5 Å². The Labute approximate surface area is 225 Å². The zero-order valence-electron chi connectivity index (χ0n) is 22.8. The number of nitrogens with zero attached hydrogens (tertiary/aromatic N) is 2. The van der Waals surface area contributed by atoms with Crippen LogP contribution < -0.4 is 4.90 Å². The fourth-order valence-corrected chi connectivity index (χ4v) is 6.76. The third-order valence-electron chi connectivity index (χ3n) is 8.53. The summed E-state index contributed by atoms with van der Waals surface area (Å²) in [6, 6.07) is 5.00. The van der Waals surface area contributed by atoms with Crippen LogP contribution in [-0.2, 0) is 23.9 Å². The van der Waals surface area contributed by atoms with Gasteiger partial charge >= 0.3 is 5.97 Å². The Morgan fingerprint density at radius 1 is 1.26 bits per heavy atom. The lowest BCUT2D eigenvalue weighted by molar-refractivity contribution is -0.160. The molecule has 3 aliphatic rings. The van der Waals surface area contributed by atoms with Crippen molar-refractivity contribution in [1.82, 2.24) is 4.90 Å². The number of carbonyl (C=O) groups is 3. The van der Waals surface area contributed by atoms with Crippen LogP contribution in [0.1, 0.15) is 50.2 Å². The number of carbonyl (C=O) groups excluding carboxylic acids is 3. The summed E-state index contributed by atoms with van der Waals surface area (Å²) < 4.78 is 12.4. The minimum Gasteiger partial charge on any atom is -0.465 e. The highest BCUT2D eigenvalue weighted by atomic mass is 16.6. The summed E-state index contributed by atoms with van der Waals surface area (Å²) in [7, 11) is 0. The first kappa shape index (κ1) is 28.0. The van der Waals surface area contributed by atoms with E-state index in [9.17, 15) is 19.5 Å². The largest absolute Gasteiger partial charge is 0.465 e. The van der Waals surface area contributed by atoms with Crippen molar-refractivity contribution in [3.63, 3.8) is 0 Å². The molecule has 3 saturated heterocycles. The van der Waals surface area contributed by atoms with E-state index in [1.165, 1.54) is 0 Å². The van der Waals surface area contributed by atoms with E-state index in [0.717, 1.165) is 16.8 Å². The van der Waals surface area contributed by atoms with Gasteiger partial charge in [0.25, 0.3) is 5.91 Å². The average molecular weight is 525 g/mol. The molecule has 4 rings (SSSR count). The van der Waals surface area contributed by atoms with Gasteiger partial charge in [0.15, 0.2) is 0 Å². The van der Waals surface area contributed by atoms with Crippen LogP contribution in [0.25, 0.3) is 0 Å². The molecule has 2 amide bonds. The van der Waals surface area contributed by atoms with Gasteiger partial charge in [0.2, 0.25) is 5.91 Å². The molecule has 1 aromatic rings. The Morgan fingerprint density at radius 3 is 2.68 bits per heavy atom. The predicted octanol–water partition coefficient (Wildman–Crippen LogP) is 3.48. The van der Waals surface area contributed by atoms with E-state index in [4.69, 9.17) is 9.47 Å². The van der Waals surface area contributed by atoms with Crippen LogP contribution in [-0.4, -0.2) is 71.3 Å². The van der Waals surface area contributed by atoms with E-state index in [-0.39, 0.29) is 38.1 Å². The van der Waals surface area contributed by atoms with Gasteiger partial charge < -0.3 is 24.4 Å². The molecule has 1 spiro atoms. The third-order valence-corrected chi connectivity index (χ3v) is 8.53. The van der Waals surface area contributed by atoms with E-state index < -0.39 is 35.0 Å². The van der Waals surface area contributed by atoms with Crippen molar-refractivity contribution >= 4 is 23.5 Å². The number of benzene rings is 1. The molecule has 2 unspecified atom stereocenters. The molecule has 5 atom stereocenters. The standard InChI is InChI=1S/C30H40N2O6/c1-6-9-18-37-28(36)24-23-26(34)32(16-10-17-33)25(30(23)14-13-29(24,8-3)38-30)27(35)31(15-7-2)22-19-20(4)11-12-21(22)5/h6-7,11-12,19,23-25,33H,1-2,8-10,13-18H2,3-5H3/t23-,24+,25?,29-,30?/m0/s1. The Balaban J connectivity index is 1.80. The number of esters is 1. The Bertz CT molecular complexity index is 1120. The zero-order valence-corrected chi connectivity index (χ0v) is 22.8. The van der Waals surface area contributed by atoms with E-state index in [0.29, 0.717) is 32.1 Å². The van der Waals surface area contributed by atoms with Gasteiger partial charge in [0.1, 0.15) is 17.6 Å². The molecule has 38 heavy (non-hydrogen) atoms. The first-order valence-electron chi connectivity index (χ1n) is 13.6. The van der Waals surface area contributed by atoms with Crippen molar-refractivity contribution in [2.45, 2.75) is 70.1 Å². The van der Waals surface area contributed by atoms with Crippen molar-refractivity contribution in [3.05, 3.63) is 54.6 Å². The van der Waals surface area contributed by atoms with Crippen LogP contribution in [0, 0.1) is 25.7 Å². The maximum atomic E-state index is 14.5. The van der Waals surface area contributed by atoms with Crippen molar-refractivity contribution in [1.29, 1.82) is 0 Å². The average Bonchev–Trinajstić information content (AvgIpc) is 3.51. The molecule has 0 aromatic heterocycles. The number of fused-ring (bicyclic) bond motifs is 1. The molecular formula is C30H40N2O6. The van der Waals surface area contributed by atoms with Crippen LogP contribution >= 0.6 is 0 Å². The molecule has 0 radical (unpaired) electrons. The molecule has 3 heterocycles. The molecule has 3 aliphatic heterocycles. The highest BCUT2D eigenvalue weighted by Crippen LogP contribution is 2.64. The lowest BCUT2D eigenvalue weighted by Crippen LogP contribution is -2.56. The summed E-state index contributed by atoms with van der Waals surface area (Å²) in [6.45, 7) is 13.9. The topological polar surface area (TPSA) is 96.4 Å². The second-order valence-corrected chi connectivity index (χ2v) is 10.7. The van der Waals surface area contributed by atoms with Gasteiger partial charge in [-0.2, -0.15) is 0 Å². The summed E-state index contributed by atoms with van der Waals surface area (Å²) >= 11 is 0. The van der Waals surface area contributed by atoms with E-state index in [1.807, 2.05) is 39.0 Å². The number of aryl methyl sites for hydroxylation is 2. The lowest BCUT2D eigenvalue weighted by atomic mass is 9.65. The van der Waals surface area contributed by atoms with Crippen LogP contribution in [0.2, 0.25) is 0 Å². The molecule has 206 valence electrons. The van der Waals surface area contributed by atoms with E-state index >= 15 is 0 Å². The first-order chi connectivity index (χ1) is 18.2. The summed E-state index contributed by atoms with van der Waals surface area (Å²) in [5.74, 6) is -2.61. The van der Waals surface area contributed by atoms with Gasteiger partial charge in [-0.05, 0) is 63.1 Å².